The minimum absolute atomic E-state index is 0.141. The molecule has 0 aliphatic heterocycles. The first kappa shape index (κ1) is 22.7. The first-order valence-corrected chi connectivity index (χ1v) is 9.32. The molecule has 158 valence electrons. The van der Waals surface area contributed by atoms with Gasteiger partial charge in [-0.25, -0.2) is 9.59 Å². The van der Waals surface area contributed by atoms with Crippen molar-refractivity contribution in [2.45, 2.75) is 19.9 Å². The summed E-state index contributed by atoms with van der Waals surface area (Å²) in [5.74, 6) is -0.429. The Balaban J connectivity index is 2.11. The zero-order valence-corrected chi connectivity index (χ0v) is 17.4. The summed E-state index contributed by atoms with van der Waals surface area (Å²) >= 11 is 0. The predicted octanol–water partition coefficient (Wildman–Crippen LogP) is 3.85. The molecule has 0 aliphatic rings. The maximum Gasteiger partial charge on any atom is 0.336 e. The molecule has 1 atom stereocenters. The summed E-state index contributed by atoms with van der Waals surface area (Å²) in [6.45, 7) is 3.58. The molecule has 1 unspecified atom stereocenters. The zero-order chi connectivity index (χ0) is 22.1. The topological polar surface area (TPSA) is 94.4 Å². The van der Waals surface area contributed by atoms with Crippen molar-refractivity contribution in [2.24, 2.45) is 10.9 Å². The number of benzene rings is 2. The van der Waals surface area contributed by atoms with Gasteiger partial charge in [0.2, 0.25) is 0 Å². The minimum atomic E-state index is -0.985. The van der Waals surface area contributed by atoms with Crippen LogP contribution in [-0.2, 0) is 9.59 Å². The lowest BCUT2D eigenvalue weighted by Crippen LogP contribution is -2.24. The molecule has 0 aromatic heterocycles. The van der Waals surface area contributed by atoms with E-state index in [-0.39, 0.29) is 11.7 Å². The number of aliphatic imine (C=N–C) groups is 1. The molecule has 2 rings (SSSR count). The highest BCUT2D eigenvalue weighted by Crippen LogP contribution is 2.28. The summed E-state index contributed by atoms with van der Waals surface area (Å²) in [5, 5.41) is 9.22. The first-order chi connectivity index (χ1) is 14.3. The van der Waals surface area contributed by atoms with Gasteiger partial charge in [0.15, 0.2) is 11.5 Å². The third-order valence-corrected chi connectivity index (χ3v) is 4.17. The van der Waals surface area contributed by atoms with Crippen LogP contribution in [-0.4, -0.2) is 43.5 Å². The minimum Gasteiger partial charge on any atom is -0.497 e. The number of carbonyl (C=O) groups excluding carboxylic acids is 1. The van der Waals surface area contributed by atoms with Gasteiger partial charge in [-0.05, 0) is 53.5 Å². The van der Waals surface area contributed by atoms with E-state index in [9.17, 15) is 14.7 Å². The van der Waals surface area contributed by atoms with Gasteiger partial charge in [-0.3, -0.25) is 4.99 Å². The van der Waals surface area contributed by atoms with Crippen molar-refractivity contribution >= 4 is 24.2 Å². The van der Waals surface area contributed by atoms with Gasteiger partial charge in [0.25, 0.3) is 0 Å². The molecule has 0 heterocycles. The zero-order valence-electron chi connectivity index (χ0n) is 17.4. The lowest BCUT2D eigenvalue weighted by Gasteiger charge is -2.11. The second-order valence-corrected chi connectivity index (χ2v) is 6.75. The number of rotatable bonds is 9. The van der Waals surface area contributed by atoms with E-state index in [0.717, 1.165) is 5.56 Å². The Hall–Kier alpha value is -3.61. The molecular weight excluding hydrogens is 386 g/mol. The average Bonchev–Trinajstić information content (AvgIpc) is 2.73. The lowest BCUT2D eigenvalue weighted by atomic mass is 10.1. The van der Waals surface area contributed by atoms with E-state index >= 15 is 0 Å². The highest BCUT2D eigenvalue weighted by atomic mass is 16.6. The van der Waals surface area contributed by atoms with Crippen LogP contribution in [0.5, 0.6) is 17.2 Å². The molecule has 0 fully saturated rings. The molecule has 0 amide bonds. The van der Waals surface area contributed by atoms with Crippen molar-refractivity contribution in [2.75, 3.05) is 14.2 Å². The molecule has 0 bridgehead atoms. The van der Waals surface area contributed by atoms with Crippen molar-refractivity contribution in [1.29, 1.82) is 0 Å². The molecule has 0 aliphatic carbocycles. The number of methoxy groups -OCH3 is 2. The molecule has 1 N–H and O–H groups in total. The fraction of sp³-hybridized carbons (Fsp3) is 0.261. The maximum absolute atomic E-state index is 12.2. The Morgan fingerprint density at radius 2 is 1.77 bits per heavy atom. The Kier molecular flexibility index (Phi) is 8.17. The molecule has 2 aromatic rings. The van der Waals surface area contributed by atoms with Gasteiger partial charge in [0, 0.05) is 12.3 Å². The van der Waals surface area contributed by atoms with Crippen molar-refractivity contribution in [3.05, 3.63) is 59.7 Å². The van der Waals surface area contributed by atoms with Crippen LogP contribution >= 0.6 is 0 Å². The third kappa shape index (κ3) is 6.48. The molecule has 0 radical (unpaired) electrons. The number of aliphatic carboxylic acids is 1. The lowest BCUT2D eigenvalue weighted by molar-refractivity contribution is -0.139. The quantitative estimate of drug-likeness (QED) is 0.291. The summed E-state index contributed by atoms with van der Waals surface area (Å²) in [4.78, 5) is 27.5. The molecule has 0 saturated heterocycles. The summed E-state index contributed by atoms with van der Waals surface area (Å²) in [6.07, 6.45) is 4.40. The van der Waals surface area contributed by atoms with Crippen molar-refractivity contribution in [1.82, 2.24) is 0 Å². The number of nitrogens with zero attached hydrogens (tertiary/aromatic N) is 1. The molecule has 30 heavy (non-hydrogen) atoms. The van der Waals surface area contributed by atoms with E-state index in [4.69, 9.17) is 14.2 Å². The third-order valence-electron chi connectivity index (χ3n) is 4.17. The van der Waals surface area contributed by atoms with Crippen LogP contribution in [0, 0.1) is 5.92 Å². The van der Waals surface area contributed by atoms with Gasteiger partial charge < -0.3 is 19.3 Å². The van der Waals surface area contributed by atoms with Crippen molar-refractivity contribution < 1.29 is 28.9 Å². The van der Waals surface area contributed by atoms with Crippen molar-refractivity contribution in [3.8, 4) is 17.2 Å². The van der Waals surface area contributed by atoms with Gasteiger partial charge in [-0.2, -0.15) is 0 Å². The van der Waals surface area contributed by atoms with Crippen LogP contribution in [0.25, 0.3) is 6.08 Å². The van der Waals surface area contributed by atoms with E-state index < -0.39 is 18.0 Å². The van der Waals surface area contributed by atoms with Crippen LogP contribution in [0.2, 0.25) is 0 Å². The molecular formula is C23H25NO6. The van der Waals surface area contributed by atoms with E-state index in [0.29, 0.717) is 17.1 Å². The number of carboxylic acid groups (broad SMARTS) is 1. The van der Waals surface area contributed by atoms with E-state index in [1.807, 2.05) is 18.2 Å². The summed E-state index contributed by atoms with van der Waals surface area (Å²) in [5.41, 5.74) is 1.42. The Morgan fingerprint density at radius 1 is 1.00 bits per heavy atom. The van der Waals surface area contributed by atoms with Gasteiger partial charge in [-0.15, -0.1) is 0 Å². The van der Waals surface area contributed by atoms with Gasteiger partial charge in [0.1, 0.15) is 11.8 Å². The van der Waals surface area contributed by atoms with Gasteiger partial charge in [-0.1, -0.05) is 26.0 Å². The number of hydrogen-bond donors (Lipinski definition) is 1. The van der Waals surface area contributed by atoms with Crippen molar-refractivity contribution in [3.63, 3.8) is 0 Å². The second-order valence-electron chi connectivity index (χ2n) is 6.75. The predicted molar refractivity (Wildman–Crippen MR) is 115 cm³/mol. The van der Waals surface area contributed by atoms with Gasteiger partial charge >= 0.3 is 11.9 Å². The number of esters is 1. The average molecular weight is 411 g/mol. The summed E-state index contributed by atoms with van der Waals surface area (Å²) in [7, 11) is 3.02. The first-order valence-electron chi connectivity index (χ1n) is 9.32. The van der Waals surface area contributed by atoms with Crippen LogP contribution in [0.1, 0.15) is 25.0 Å². The molecule has 2 aromatic carbocycles. The highest BCUT2D eigenvalue weighted by Gasteiger charge is 2.19. The molecule has 7 heteroatoms. The molecule has 0 spiro atoms. The van der Waals surface area contributed by atoms with Crippen LogP contribution < -0.4 is 14.2 Å². The molecule has 7 nitrogen and oxygen atoms in total. The largest absolute Gasteiger partial charge is 0.497 e. The Labute approximate surface area is 175 Å². The smallest absolute Gasteiger partial charge is 0.336 e. The van der Waals surface area contributed by atoms with E-state index in [2.05, 4.69) is 4.99 Å². The number of ether oxygens (including phenoxy) is 3. The van der Waals surface area contributed by atoms with E-state index in [1.54, 1.807) is 51.3 Å². The molecule has 0 saturated carbocycles. The highest BCUT2D eigenvalue weighted by molar-refractivity contribution is 5.89. The maximum atomic E-state index is 12.2. The second kappa shape index (κ2) is 10.8. The standard InChI is InChI=1S/C23H25NO6/c1-15(2)22(23(26)27)24-14-17-8-10-19(20(13-17)29-4)30-21(25)11-9-16-6-5-7-18(12-16)28-3/h5-15,22H,1-4H3,(H,26,27)/b11-9+,24-14?. The summed E-state index contributed by atoms with van der Waals surface area (Å²) < 4.78 is 15.8. The Bertz CT molecular complexity index is 948. The van der Waals surface area contributed by atoms with Crippen LogP contribution in [0.4, 0.5) is 0 Å². The van der Waals surface area contributed by atoms with E-state index in [1.165, 1.54) is 19.4 Å². The number of carboxylic acids is 1. The SMILES string of the molecule is COc1cccc(/C=C/C(=O)Oc2ccc(C=NC(C(=O)O)C(C)C)cc2OC)c1. The number of hydrogen-bond acceptors (Lipinski definition) is 6. The fourth-order valence-electron chi connectivity index (χ4n) is 2.59. The van der Waals surface area contributed by atoms with Gasteiger partial charge in [0.05, 0.1) is 14.2 Å². The Morgan fingerprint density at radius 3 is 2.40 bits per heavy atom. The van der Waals surface area contributed by atoms with Crippen LogP contribution in [0.15, 0.2) is 53.5 Å². The summed E-state index contributed by atoms with van der Waals surface area (Å²) in [6, 6.07) is 11.3. The van der Waals surface area contributed by atoms with Crippen LogP contribution in [0.3, 0.4) is 0 Å². The normalized spacial score (nSPS) is 12.3. The number of carbonyl (C=O) groups is 2. The fourth-order valence-corrected chi connectivity index (χ4v) is 2.59. The monoisotopic (exact) mass is 411 g/mol.